The van der Waals surface area contributed by atoms with E-state index >= 15 is 0 Å². The molecular weight excluding hydrogens is 380 g/mol. The molecule has 0 aliphatic carbocycles. The van der Waals surface area contributed by atoms with Crippen LogP contribution in [-0.4, -0.2) is 21.8 Å². The van der Waals surface area contributed by atoms with Gasteiger partial charge in [0.05, 0.1) is 11.1 Å². The fourth-order valence-electron chi connectivity index (χ4n) is 2.75. The molecule has 142 valence electrons. The van der Waals surface area contributed by atoms with Crippen LogP contribution in [0.15, 0.2) is 30.5 Å². The van der Waals surface area contributed by atoms with Crippen molar-refractivity contribution in [3.8, 4) is 0 Å². The molecule has 1 atom stereocenters. The first-order valence-electron chi connectivity index (χ1n) is 7.31. The Balaban J connectivity index is 2.27. The summed E-state index contributed by atoms with van der Waals surface area (Å²) in [6.45, 7) is 0.963. The summed E-state index contributed by atoms with van der Waals surface area (Å²) in [5.41, 5.74) is -3.75. The number of carbonyl (C=O) groups excluding carboxylic acids is 1. The lowest BCUT2D eigenvalue weighted by atomic mass is 9.92. The molecule has 0 amide bonds. The summed E-state index contributed by atoms with van der Waals surface area (Å²) in [5, 5.41) is 10.3. The lowest BCUT2D eigenvalue weighted by molar-refractivity contribution is -0.169. The number of hydrogen-bond acceptors (Lipinski definition) is 4. The Bertz CT molecular complexity index is 941. The molecule has 3 rings (SSSR count). The Labute approximate surface area is 147 Å². The van der Waals surface area contributed by atoms with Crippen LogP contribution in [0.4, 0.5) is 26.3 Å². The number of ether oxygens (including phenoxy) is 1. The molecule has 1 aliphatic rings. The number of aromatic nitrogens is 1. The molecule has 0 fully saturated rings. The van der Waals surface area contributed by atoms with Gasteiger partial charge in [-0.25, -0.2) is 18.0 Å². The largest absolute Gasteiger partial charge is 0.433 e. The summed E-state index contributed by atoms with van der Waals surface area (Å²) in [4.78, 5) is 15.3. The van der Waals surface area contributed by atoms with E-state index in [1.807, 2.05) is 0 Å². The number of hydrogen-bond donors (Lipinski definition) is 1. The molecule has 0 saturated heterocycles. The van der Waals surface area contributed by atoms with Crippen LogP contribution in [0.25, 0.3) is 11.1 Å². The van der Waals surface area contributed by atoms with Crippen molar-refractivity contribution in [3.05, 3.63) is 64.7 Å². The SMILES string of the molecule is CC1(O)OC(=O)C(c2c(F)cc(F)cc2F)=C1c1ccc(C(F)(F)F)nc1. The Kier molecular flexibility index (Phi) is 4.26. The van der Waals surface area contributed by atoms with Crippen molar-refractivity contribution in [3.63, 3.8) is 0 Å². The van der Waals surface area contributed by atoms with Gasteiger partial charge in [-0.2, -0.15) is 13.2 Å². The highest BCUT2D eigenvalue weighted by atomic mass is 19.4. The monoisotopic (exact) mass is 389 g/mol. The molecule has 0 bridgehead atoms. The zero-order valence-corrected chi connectivity index (χ0v) is 13.4. The Morgan fingerprint density at radius 1 is 1.11 bits per heavy atom. The Hall–Kier alpha value is -2.88. The number of rotatable bonds is 2. The molecule has 2 heterocycles. The molecule has 1 unspecified atom stereocenters. The summed E-state index contributed by atoms with van der Waals surface area (Å²) in [5.74, 6) is -7.88. The molecule has 0 saturated carbocycles. The van der Waals surface area contributed by atoms with E-state index in [0.29, 0.717) is 24.4 Å². The average Bonchev–Trinajstić information content (AvgIpc) is 2.74. The number of halogens is 6. The number of cyclic esters (lactones) is 1. The van der Waals surface area contributed by atoms with E-state index in [2.05, 4.69) is 9.72 Å². The van der Waals surface area contributed by atoms with Crippen LogP contribution in [0, 0.1) is 17.5 Å². The van der Waals surface area contributed by atoms with Crippen molar-refractivity contribution in [1.82, 2.24) is 4.98 Å². The third-order valence-electron chi connectivity index (χ3n) is 3.81. The normalized spacial score (nSPS) is 20.2. The summed E-state index contributed by atoms with van der Waals surface area (Å²) in [6, 6.07) is 2.06. The van der Waals surface area contributed by atoms with Crippen LogP contribution in [0.1, 0.15) is 23.7 Å². The molecule has 1 N–H and O–H groups in total. The maximum absolute atomic E-state index is 14.1. The summed E-state index contributed by atoms with van der Waals surface area (Å²) >= 11 is 0. The van der Waals surface area contributed by atoms with Gasteiger partial charge in [-0.05, 0) is 6.07 Å². The van der Waals surface area contributed by atoms with E-state index in [1.165, 1.54) is 0 Å². The maximum atomic E-state index is 14.1. The quantitative estimate of drug-likeness (QED) is 0.629. The van der Waals surface area contributed by atoms with Gasteiger partial charge in [0.2, 0.25) is 5.79 Å². The molecule has 27 heavy (non-hydrogen) atoms. The van der Waals surface area contributed by atoms with Crippen LogP contribution in [0.3, 0.4) is 0 Å². The lowest BCUT2D eigenvalue weighted by Crippen LogP contribution is -2.26. The number of esters is 1. The predicted octanol–water partition coefficient (Wildman–Crippen LogP) is 3.69. The molecule has 1 aliphatic heterocycles. The van der Waals surface area contributed by atoms with Crippen molar-refractivity contribution < 1.29 is 41.0 Å². The third-order valence-corrected chi connectivity index (χ3v) is 3.81. The summed E-state index contributed by atoms with van der Waals surface area (Å²) in [7, 11) is 0. The molecule has 1 aromatic carbocycles. The second-order valence-corrected chi connectivity index (χ2v) is 5.80. The van der Waals surface area contributed by atoms with Crippen LogP contribution >= 0.6 is 0 Å². The molecule has 1 aromatic heterocycles. The Morgan fingerprint density at radius 3 is 2.19 bits per heavy atom. The van der Waals surface area contributed by atoms with Crippen molar-refractivity contribution in [2.45, 2.75) is 18.9 Å². The van der Waals surface area contributed by atoms with Crippen LogP contribution in [-0.2, 0) is 15.7 Å². The van der Waals surface area contributed by atoms with Crippen molar-refractivity contribution >= 4 is 17.1 Å². The zero-order valence-electron chi connectivity index (χ0n) is 13.4. The second kappa shape index (κ2) is 6.08. The Morgan fingerprint density at radius 2 is 1.70 bits per heavy atom. The van der Waals surface area contributed by atoms with E-state index in [4.69, 9.17) is 0 Å². The number of carbonyl (C=O) groups is 1. The average molecular weight is 389 g/mol. The highest BCUT2D eigenvalue weighted by Gasteiger charge is 2.46. The number of nitrogens with zero attached hydrogens (tertiary/aromatic N) is 1. The van der Waals surface area contributed by atoms with Crippen molar-refractivity contribution in [1.29, 1.82) is 0 Å². The van der Waals surface area contributed by atoms with Gasteiger partial charge in [0.1, 0.15) is 23.1 Å². The third kappa shape index (κ3) is 3.27. The minimum Gasteiger partial charge on any atom is -0.425 e. The van der Waals surface area contributed by atoms with Gasteiger partial charge in [0.25, 0.3) is 0 Å². The van der Waals surface area contributed by atoms with Gasteiger partial charge in [0.15, 0.2) is 0 Å². The van der Waals surface area contributed by atoms with Crippen LogP contribution in [0.5, 0.6) is 0 Å². The fraction of sp³-hybridized carbons (Fsp3) is 0.176. The highest BCUT2D eigenvalue weighted by molar-refractivity contribution is 6.28. The van der Waals surface area contributed by atoms with Gasteiger partial charge < -0.3 is 9.84 Å². The van der Waals surface area contributed by atoms with Crippen LogP contribution in [0.2, 0.25) is 0 Å². The van der Waals surface area contributed by atoms with Gasteiger partial charge in [-0.1, -0.05) is 6.07 Å². The molecule has 0 radical (unpaired) electrons. The van der Waals surface area contributed by atoms with E-state index in [0.717, 1.165) is 13.0 Å². The minimum absolute atomic E-state index is 0.239. The van der Waals surface area contributed by atoms with Gasteiger partial charge in [-0.15, -0.1) is 0 Å². The van der Waals surface area contributed by atoms with Gasteiger partial charge in [0, 0.05) is 36.4 Å². The molecule has 4 nitrogen and oxygen atoms in total. The van der Waals surface area contributed by atoms with E-state index < -0.39 is 57.8 Å². The molecule has 10 heteroatoms. The van der Waals surface area contributed by atoms with Crippen LogP contribution < -0.4 is 0 Å². The molecule has 0 spiro atoms. The smallest absolute Gasteiger partial charge is 0.425 e. The van der Waals surface area contributed by atoms with Gasteiger partial charge >= 0.3 is 12.1 Å². The second-order valence-electron chi connectivity index (χ2n) is 5.80. The molecule has 2 aromatic rings. The first kappa shape index (κ1) is 18.9. The van der Waals surface area contributed by atoms with Crippen molar-refractivity contribution in [2.24, 2.45) is 0 Å². The number of aliphatic hydroxyl groups is 1. The molecular formula is C17H9F6NO3. The number of pyridine rings is 1. The zero-order chi connectivity index (χ0) is 20.1. The topological polar surface area (TPSA) is 59.4 Å². The minimum atomic E-state index is -4.74. The van der Waals surface area contributed by atoms with E-state index in [9.17, 15) is 36.2 Å². The fourth-order valence-corrected chi connectivity index (χ4v) is 2.75. The highest BCUT2D eigenvalue weighted by Crippen LogP contribution is 2.44. The standard InChI is InChI=1S/C17H9F6NO3/c1-16(26)14(7-2-3-11(24-6-7)17(21,22)23)13(15(25)27-16)12-9(19)4-8(18)5-10(12)20/h2-6,26H,1H3. The lowest BCUT2D eigenvalue weighted by Gasteiger charge is -2.20. The first-order valence-corrected chi connectivity index (χ1v) is 7.31. The number of alkyl halides is 3. The summed E-state index contributed by atoms with van der Waals surface area (Å²) < 4.78 is 84.1. The van der Waals surface area contributed by atoms with E-state index in [-0.39, 0.29) is 5.56 Å². The number of benzene rings is 1. The van der Waals surface area contributed by atoms with Crippen molar-refractivity contribution in [2.75, 3.05) is 0 Å². The summed E-state index contributed by atoms with van der Waals surface area (Å²) in [6.07, 6.45) is -4.07. The maximum Gasteiger partial charge on any atom is 0.433 e. The van der Waals surface area contributed by atoms with E-state index in [1.54, 1.807) is 0 Å². The predicted molar refractivity (Wildman–Crippen MR) is 79.1 cm³/mol. The first-order chi connectivity index (χ1) is 12.4. The van der Waals surface area contributed by atoms with Gasteiger partial charge in [-0.3, -0.25) is 4.98 Å².